The van der Waals surface area contributed by atoms with E-state index in [0.29, 0.717) is 0 Å². The van der Waals surface area contributed by atoms with Crippen molar-refractivity contribution in [1.29, 1.82) is 0 Å². The third-order valence-electron chi connectivity index (χ3n) is 2.89. The van der Waals surface area contributed by atoms with Crippen molar-refractivity contribution in [2.75, 3.05) is 13.1 Å². The van der Waals surface area contributed by atoms with Crippen molar-refractivity contribution in [3.05, 3.63) is 56.9 Å². The van der Waals surface area contributed by atoms with Gasteiger partial charge in [-0.05, 0) is 61.0 Å². The van der Waals surface area contributed by atoms with Crippen LogP contribution in [0.4, 0.5) is 0 Å². The summed E-state index contributed by atoms with van der Waals surface area (Å²) in [6.07, 6.45) is 8.31. The minimum atomic E-state index is 0.727. The number of hydrogen-bond donors (Lipinski definition) is 0. The third-order valence-corrected chi connectivity index (χ3v) is 4.56. The third kappa shape index (κ3) is 6.33. The Morgan fingerprint density at radius 2 is 1.32 bits per heavy atom. The maximum absolute atomic E-state index is 4.51. The van der Waals surface area contributed by atoms with E-state index in [2.05, 4.69) is 69.3 Å². The van der Waals surface area contributed by atoms with Crippen LogP contribution >= 0.6 is 22.7 Å². The molecule has 2 aromatic rings. The maximum atomic E-state index is 4.51. The van der Waals surface area contributed by atoms with Gasteiger partial charge in [0.1, 0.15) is 0 Å². The van der Waals surface area contributed by atoms with Crippen molar-refractivity contribution < 1.29 is 0 Å². The summed E-state index contributed by atoms with van der Waals surface area (Å²) in [6.45, 7) is 5.50. The lowest BCUT2D eigenvalue weighted by molar-refractivity contribution is 0.975. The SMILES string of the molecule is CC(/C=C/c1cccs1)=NCCN=C(C)/C=C/c1cccs1. The number of aliphatic imine (C=N–C) groups is 2. The second kappa shape index (κ2) is 9.28. The summed E-state index contributed by atoms with van der Waals surface area (Å²) in [5.74, 6) is 0. The van der Waals surface area contributed by atoms with Crippen LogP contribution in [0.5, 0.6) is 0 Å². The number of thiophene rings is 2. The summed E-state index contributed by atoms with van der Waals surface area (Å²) in [5, 5.41) is 4.15. The lowest BCUT2D eigenvalue weighted by Gasteiger charge is -1.95. The molecule has 0 bridgehead atoms. The minimum Gasteiger partial charge on any atom is -0.288 e. The highest BCUT2D eigenvalue weighted by Gasteiger charge is 1.89. The monoisotopic (exact) mass is 328 g/mol. The molecule has 0 radical (unpaired) electrons. The molecular weight excluding hydrogens is 308 g/mol. The highest BCUT2D eigenvalue weighted by Crippen LogP contribution is 2.10. The van der Waals surface area contributed by atoms with Crippen LogP contribution in [0.25, 0.3) is 12.2 Å². The predicted molar refractivity (Wildman–Crippen MR) is 103 cm³/mol. The van der Waals surface area contributed by atoms with Crippen molar-refractivity contribution in [2.45, 2.75) is 13.8 Å². The first-order chi connectivity index (χ1) is 10.7. The average molecular weight is 329 g/mol. The Labute approximate surface area is 140 Å². The quantitative estimate of drug-likeness (QED) is 0.476. The van der Waals surface area contributed by atoms with E-state index < -0.39 is 0 Å². The van der Waals surface area contributed by atoms with E-state index in [1.807, 2.05) is 13.8 Å². The summed E-state index contributed by atoms with van der Waals surface area (Å²) in [4.78, 5) is 11.5. The van der Waals surface area contributed by atoms with Crippen LogP contribution in [0.1, 0.15) is 23.6 Å². The Morgan fingerprint density at radius 1 is 0.864 bits per heavy atom. The van der Waals surface area contributed by atoms with Gasteiger partial charge in [-0.1, -0.05) is 12.1 Å². The second-order valence-electron chi connectivity index (χ2n) is 4.74. The summed E-state index contributed by atoms with van der Waals surface area (Å²) in [6, 6.07) is 8.31. The van der Waals surface area contributed by atoms with Gasteiger partial charge in [-0.3, -0.25) is 9.98 Å². The van der Waals surface area contributed by atoms with Crippen LogP contribution in [-0.4, -0.2) is 24.5 Å². The van der Waals surface area contributed by atoms with E-state index in [0.717, 1.165) is 24.5 Å². The van der Waals surface area contributed by atoms with Gasteiger partial charge in [-0.15, -0.1) is 22.7 Å². The second-order valence-corrected chi connectivity index (χ2v) is 6.70. The van der Waals surface area contributed by atoms with Gasteiger partial charge in [-0.25, -0.2) is 0 Å². The van der Waals surface area contributed by atoms with Crippen LogP contribution in [0, 0.1) is 0 Å². The molecule has 2 aromatic heterocycles. The van der Waals surface area contributed by atoms with Crippen LogP contribution in [0.15, 0.2) is 57.2 Å². The van der Waals surface area contributed by atoms with Crippen molar-refractivity contribution in [3.8, 4) is 0 Å². The molecule has 0 spiro atoms. The molecule has 114 valence electrons. The molecule has 0 amide bonds. The normalized spacial score (nSPS) is 13.5. The molecule has 0 aliphatic heterocycles. The predicted octanol–water partition coefficient (Wildman–Crippen LogP) is 5.46. The fraction of sp³-hybridized carbons (Fsp3) is 0.222. The molecule has 0 fully saturated rings. The number of rotatable bonds is 7. The molecule has 4 heteroatoms. The summed E-state index contributed by atoms with van der Waals surface area (Å²) in [7, 11) is 0. The molecule has 0 aliphatic carbocycles. The van der Waals surface area contributed by atoms with E-state index >= 15 is 0 Å². The lowest BCUT2D eigenvalue weighted by atomic mass is 10.3. The molecule has 0 atom stereocenters. The molecule has 0 unspecified atom stereocenters. The van der Waals surface area contributed by atoms with Crippen molar-refractivity contribution in [3.63, 3.8) is 0 Å². The van der Waals surface area contributed by atoms with Gasteiger partial charge in [0.2, 0.25) is 0 Å². The Morgan fingerprint density at radius 3 is 1.68 bits per heavy atom. The highest BCUT2D eigenvalue weighted by atomic mass is 32.1. The van der Waals surface area contributed by atoms with Gasteiger partial charge in [0.15, 0.2) is 0 Å². The molecule has 0 saturated heterocycles. The van der Waals surface area contributed by atoms with E-state index in [1.165, 1.54) is 9.75 Å². The van der Waals surface area contributed by atoms with Crippen LogP contribution in [0.2, 0.25) is 0 Å². The highest BCUT2D eigenvalue weighted by molar-refractivity contribution is 7.11. The molecule has 0 aliphatic rings. The topological polar surface area (TPSA) is 24.7 Å². The molecule has 0 saturated carbocycles. The zero-order valence-corrected chi connectivity index (χ0v) is 14.5. The molecule has 2 rings (SSSR count). The zero-order valence-electron chi connectivity index (χ0n) is 12.9. The van der Waals surface area contributed by atoms with Crippen LogP contribution in [0.3, 0.4) is 0 Å². The van der Waals surface area contributed by atoms with Gasteiger partial charge in [0, 0.05) is 21.2 Å². The first kappa shape index (κ1) is 16.6. The first-order valence-corrected chi connectivity index (χ1v) is 8.95. The smallest absolute Gasteiger partial charge is 0.0588 e. The van der Waals surface area contributed by atoms with Crippen molar-refractivity contribution in [1.82, 2.24) is 0 Å². The number of allylic oxidation sites excluding steroid dienone is 2. The molecule has 2 heterocycles. The molecule has 2 nitrogen and oxygen atoms in total. The van der Waals surface area contributed by atoms with Gasteiger partial charge in [-0.2, -0.15) is 0 Å². The van der Waals surface area contributed by atoms with Gasteiger partial charge in [0.05, 0.1) is 13.1 Å². The van der Waals surface area contributed by atoms with Crippen LogP contribution in [-0.2, 0) is 0 Å². The maximum Gasteiger partial charge on any atom is 0.0588 e. The molecule has 0 aromatic carbocycles. The molecule has 22 heavy (non-hydrogen) atoms. The number of nitrogens with zero attached hydrogens (tertiary/aromatic N) is 2. The summed E-state index contributed by atoms with van der Waals surface area (Å²) < 4.78 is 0. The fourth-order valence-electron chi connectivity index (χ4n) is 1.74. The Bertz CT molecular complexity index is 600. The minimum absolute atomic E-state index is 0.727. The standard InChI is InChI=1S/C18H20N2S2/c1-15(7-9-17-5-3-13-21-17)19-11-12-20-16(2)8-10-18-6-4-14-22-18/h3-10,13-14H,11-12H2,1-2H3/b9-7+,10-8+,19-15?,20-16?. The summed E-state index contributed by atoms with van der Waals surface area (Å²) in [5.41, 5.74) is 2.07. The lowest BCUT2D eigenvalue weighted by Crippen LogP contribution is -1.95. The first-order valence-electron chi connectivity index (χ1n) is 7.19. The van der Waals surface area contributed by atoms with Gasteiger partial charge >= 0.3 is 0 Å². The number of hydrogen-bond acceptors (Lipinski definition) is 4. The van der Waals surface area contributed by atoms with Crippen molar-refractivity contribution >= 4 is 46.2 Å². The van der Waals surface area contributed by atoms with E-state index in [9.17, 15) is 0 Å². The van der Waals surface area contributed by atoms with E-state index in [4.69, 9.17) is 0 Å². The average Bonchev–Trinajstić information content (AvgIpc) is 3.20. The van der Waals surface area contributed by atoms with Crippen molar-refractivity contribution in [2.24, 2.45) is 9.98 Å². The van der Waals surface area contributed by atoms with E-state index in [1.54, 1.807) is 22.7 Å². The summed E-state index contributed by atoms with van der Waals surface area (Å²) >= 11 is 3.46. The molecular formula is C18H20N2S2. The Hall–Kier alpha value is -1.78. The van der Waals surface area contributed by atoms with E-state index in [-0.39, 0.29) is 0 Å². The zero-order chi connectivity index (χ0) is 15.6. The Kier molecular flexibility index (Phi) is 7.00. The van der Waals surface area contributed by atoms with Gasteiger partial charge < -0.3 is 0 Å². The van der Waals surface area contributed by atoms with Crippen LogP contribution < -0.4 is 0 Å². The fourth-order valence-corrected chi connectivity index (χ4v) is 2.97. The Balaban J connectivity index is 1.75. The largest absolute Gasteiger partial charge is 0.288 e. The van der Waals surface area contributed by atoms with Gasteiger partial charge in [0.25, 0.3) is 0 Å². The molecule has 0 N–H and O–H groups in total.